The molecule has 0 saturated carbocycles. The van der Waals surface area contributed by atoms with Gasteiger partial charge in [0, 0.05) is 10.4 Å². The highest BCUT2D eigenvalue weighted by Crippen LogP contribution is 2.21. The van der Waals surface area contributed by atoms with Crippen molar-refractivity contribution in [1.29, 1.82) is 0 Å². The molecule has 1 N–H and O–H groups in total. The highest BCUT2D eigenvalue weighted by Gasteiger charge is 2.18. The highest BCUT2D eigenvalue weighted by atomic mass is 32.2. The van der Waals surface area contributed by atoms with Gasteiger partial charge in [-0.25, -0.2) is 13.8 Å². The van der Waals surface area contributed by atoms with Gasteiger partial charge in [-0.1, -0.05) is 36.4 Å². The minimum Gasteiger partial charge on any atom is -0.267 e. The first-order valence-corrected chi connectivity index (χ1v) is 11.1. The molecule has 0 bridgehead atoms. The van der Waals surface area contributed by atoms with Gasteiger partial charge in [0.25, 0.3) is 5.91 Å². The molecule has 28 heavy (non-hydrogen) atoms. The number of hydrogen-bond acceptors (Lipinski definition) is 5. The second-order valence-corrected chi connectivity index (χ2v) is 8.90. The van der Waals surface area contributed by atoms with Gasteiger partial charge in [0.2, 0.25) is 10.0 Å². The van der Waals surface area contributed by atoms with Crippen LogP contribution >= 0.6 is 11.3 Å². The standard InChI is InChI=1S/C20H19N3O3S2/c1-28(25,26)23(15-16-6-3-2-4-7-16)18-11-9-17(10-12-18)20(24)22-21-14-19-8-5-13-27-19/h2-14H,15H2,1H3,(H,22,24)/b21-14-. The van der Waals surface area contributed by atoms with E-state index in [1.54, 1.807) is 30.5 Å². The lowest BCUT2D eigenvalue weighted by atomic mass is 10.2. The number of rotatable bonds is 7. The molecule has 3 aromatic rings. The fourth-order valence-electron chi connectivity index (χ4n) is 2.51. The van der Waals surface area contributed by atoms with Gasteiger partial charge in [-0.2, -0.15) is 5.10 Å². The van der Waals surface area contributed by atoms with Crippen LogP contribution in [0.2, 0.25) is 0 Å². The van der Waals surface area contributed by atoms with Crippen LogP contribution in [-0.2, 0) is 16.6 Å². The maximum atomic E-state index is 12.2. The van der Waals surface area contributed by atoms with Crippen LogP contribution < -0.4 is 9.73 Å². The maximum Gasteiger partial charge on any atom is 0.271 e. The van der Waals surface area contributed by atoms with E-state index in [-0.39, 0.29) is 12.5 Å². The Kier molecular flexibility index (Phi) is 6.23. The van der Waals surface area contributed by atoms with Gasteiger partial charge in [0.05, 0.1) is 24.7 Å². The number of benzene rings is 2. The van der Waals surface area contributed by atoms with Crippen LogP contribution in [-0.4, -0.2) is 26.8 Å². The first-order chi connectivity index (χ1) is 13.4. The number of anilines is 1. The van der Waals surface area contributed by atoms with Gasteiger partial charge in [-0.15, -0.1) is 11.3 Å². The zero-order valence-electron chi connectivity index (χ0n) is 15.1. The van der Waals surface area contributed by atoms with E-state index in [0.717, 1.165) is 16.7 Å². The lowest BCUT2D eigenvalue weighted by Crippen LogP contribution is -2.29. The minimum absolute atomic E-state index is 0.219. The Balaban J connectivity index is 1.72. The van der Waals surface area contributed by atoms with Crippen LogP contribution in [0.1, 0.15) is 20.8 Å². The summed E-state index contributed by atoms with van der Waals surface area (Å²) >= 11 is 1.52. The van der Waals surface area contributed by atoms with Gasteiger partial charge < -0.3 is 0 Å². The molecule has 0 saturated heterocycles. The zero-order chi connectivity index (χ0) is 20.0. The van der Waals surface area contributed by atoms with Gasteiger partial charge in [0.15, 0.2) is 0 Å². The predicted octanol–water partition coefficient (Wildman–Crippen LogP) is 3.48. The van der Waals surface area contributed by atoms with Crippen molar-refractivity contribution in [3.05, 3.63) is 88.1 Å². The van der Waals surface area contributed by atoms with E-state index in [0.29, 0.717) is 11.3 Å². The molecule has 0 aliphatic heterocycles. The van der Waals surface area contributed by atoms with Crippen molar-refractivity contribution in [3.8, 4) is 0 Å². The number of nitrogens with one attached hydrogen (secondary N) is 1. The van der Waals surface area contributed by atoms with Gasteiger partial charge in [0.1, 0.15) is 0 Å². The number of amides is 1. The summed E-state index contributed by atoms with van der Waals surface area (Å²) in [6, 6.07) is 19.5. The molecule has 0 spiro atoms. The number of hydrogen-bond donors (Lipinski definition) is 1. The summed E-state index contributed by atoms with van der Waals surface area (Å²) in [5, 5.41) is 5.84. The number of thiophene rings is 1. The molecule has 3 rings (SSSR count). The normalized spacial score (nSPS) is 11.5. The molecule has 1 aromatic heterocycles. The Morgan fingerprint density at radius 3 is 2.39 bits per heavy atom. The lowest BCUT2D eigenvalue weighted by Gasteiger charge is -2.22. The highest BCUT2D eigenvalue weighted by molar-refractivity contribution is 7.92. The first kappa shape index (κ1) is 19.8. The van der Waals surface area contributed by atoms with Gasteiger partial charge >= 0.3 is 0 Å². The Morgan fingerprint density at radius 1 is 1.07 bits per heavy atom. The summed E-state index contributed by atoms with van der Waals surface area (Å²) < 4.78 is 25.8. The molecule has 144 valence electrons. The molecular formula is C20H19N3O3S2. The summed E-state index contributed by atoms with van der Waals surface area (Å²) in [6.07, 6.45) is 2.73. The summed E-state index contributed by atoms with van der Waals surface area (Å²) in [5.41, 5.74) is 4.21. The van der Waals surface area contributed by atoms with Crippen LogP contribution in [0, 0.1) is 0 Å². The largest absolute Gasteiger partial charge is 0.271 e. The van der Waals surface area contributed by atoms with E-state index in [2.05, 4.69) is 10.5 Å². The zero-order valence-corrected chi connectivity index (χ0v) is 16.8. The maximum absolute atomic E-state index is 12.2. The monoisotopic (exact) mass is 413 g/mol. The lowest BCUT2D eigenvalue weighted by molar-refractivity contribution is 0.0955. The number of sulfonamides is 1. The molecule has 0 fully saturated rings. The summed E-state index contributed by atoms with van der Waals surface area (Å²) in [4.78, 5) is 13.1. The topological polar surface area (TPSA) is 78.8 Å². The van der Waals surface area contributed by atoms with Gasteiger partial charge in [-0.3, -0.25) is 9.10 Å². The molecule has 1 heterocycles. The van der Waals surface area contributed by atoms with E-state index < -0.39 is 10.0 Å². The summed E-state index contributed by atoms with van der Waals surface area (Å²) in [7, 11) is -3.48. The van der Waals surface area contributed by atoms with E-state index in [1.807, 2.05) is 47.8 Å². The molecule has 0 aliphatic carbocycles. The molecular weight excluding hydrogens is 394 g/mol. The average Bonchev–Trinajstić information content (AvgIpc) is 3.20. The van der Waals surface area contributed by atoms with Crippen LogP contribution in [0.3, 0.4) is 0 Å². The van der Waals surface area contributed by atoms with Gasteiger partial charge in [-0.05, 0) is 41.3 Å². The fraction of sp³-hybridized carbons (Fsp3) is 0.100. The van der Waals surface area contributed by atoms with E-state index in [1.165, 1.54) is 15.6 Å². The summed E-state index contributed by atoms with van der Waals surface area (Å²) in [6.45, 7) is 0.219. The third kappa shape index (κ3) is 5.28. The molecule has 0 radical (unpaired) electrons. The van der Waals surface area contributed by atoms with Crippen LogP contribution in [0.15, 0.2) is 77.2 Å². The van der Waals surface area contributed by atoms with E-state index in [9.17, 15) is 13.2 Å². The molecule has 1 amide bonds. The molecule has 2 aromatic carbocycles. The Bertz CT molecular complexity index is 1050. The second kappa shape index (κ2) is 8.81. The first-order valence-electron chi connectivity index (χ1n) is 8.42. The SMILES string of the molecule is CS(=O)(=O)N(Cc1ccccc1)c1ccc(C(=O)N/N=C\c2cccs2)cc1. The van der Waals surface area contributed by atoms with Crippen molar-refractivity contribution >= 4 is 39.2 Å². The number of nitrogens with zero attached hydrogens (tertiary/aromatic N) is 2. The quantitative estimate of drug-likeness (QED) is 0.476. The van der Waals surface area contributed by atoms with E-state index in [4.69, 9.17) is 0 Å². The predicted molar refractivity (Wildman–Crippen MR) is 113 cm³/mol. The number of hydrazone groups is 1. The fourth-order valence-corrected chi connectivity index (χ4v) is 3.99. The van der Waals surface area contributed by atoms with Crippen molar-refractivity contribution in [2.45, 2.75) is 6.54 Å². The van der Waals surface area contributed by atoms with Crippen molar-refractivity contribution in [2.75, 3.05) is 10.6 Å². The number of carbonyl (C=O) groups is 1. The Labute approximate surface area is 168 Å². The molecule has 0 unspecified atom stereocenters. The van der Waals surface area contributed by atoms with E-state index >= 15 is 0 Å². The molecule has 8 heteroatoms. The van der Waals surface area contributed by atoms with Crippen molar-refractivity contribution in [3.63, 3.8) is 0 Å². The Hall–Kier alpha value is -2.97. The summed E-state index contributed by atoms with van der Waals surface area (Å²) in [5.74, 6) is -0.367. The number of carbonyl (C=O) groups excluding carboxylic acids is 1. The van der Waals surface area contributed by atoms with Crippen LogP contribution in [0.4, 0.5) is 5.69 Å². The third-order valence-corrected chi connectivity index (χ3v) is 5.84. The van der Waals surface area contributed by atoms with Crippen molar-refractivity contribution in [2.24, 2.45) is 5.10 Å². The Morgan fingerprint density at radius 2 is 1.79 bits per heavy atom. The minimum atomic E-state index is -3.48. The van der Waals surface area contributed by atoms with Crippen molar-refractivity contribution in [1.82, 2.24) is 5.43 Å². The third-order valence-electron chi connectivity index (χ3n) is 3.89. The smallest absolute Gasteiger partial charge is 0.267 e. The van der Waals surface area contributed by atoms with Crippen LogP contribution in [0.25, 0.3) is 0 Å². The molecule has 6 nitrogen and oxygen atoms in total. The van der Waals surface area contributed by atoms with Crippen molar-refractivity contribution < 1.29 is 13.2 Å². The second-order valence-electron chi connectivity index (χ2n) is 6.02. The average molecular weight is 414 g/mol. The molecule has 0 aliphatic rings. The molecule has 0 atom stereocenters. The van der Waals surface area contributed by atoms with Crippen LogP contribution in [0.5, 0.6) is 0 Å².